The zero-order valence-corrected chi connectivity index (χ0v) is 12.7. The molecule has 0 saturated heterocycles. The van der Waals surface area contributed by atoms with Gasteiger partial charge in [0.15, 0.2) is 0 Å². The molecule has 1 aliphatic carbocycles. The molecular formula is C17H24N2O. The van der Waals surface area contributed by atoms with E-state index >= 15 is 0 Å². The van der Waals surface area contributed by atoms with Crippen LogP contribution in [0.3, 0.4) is 0 Å². The van der Waals surface area contributed by atoms with Gasteiger partial charge in [0.2, 0.25) is 5.91 Å². The fourth-order valence-electron chi connectivity index (χ4n) is 3.78. The number of carbonyl (C=O) groups excluding carboxylic acids is 1. The van der Waals surface area contributed by atoms with E-state index in [-0.39, 0.29) is 11.6 Å². The van der Waals surface area contributed by atoms with Crippen LogP contribution in [0.5, 0.6) is 0 Å². The van der Waals surface area contributed by atoms with Gasteiger partial charge in [0.1, 0.15) is 0 Å². The number of hydrogen-bond acceptors (Lipinski definition) is 2. The quantitative estimate of drug-likeness (QED) is 0.825. The summed E-state index contributed by atoms with van der Waals surface area (Å²) in [6.45, 7) is 2.11. The van der Waals surface area contributed by atoms with Gasteiger partial charge in [-0.3, -0.25) is 14.6 Å². The monoisotopic (exact) mass is 272 g/mol. The molecule has 1 atom stereocenters. The molecule has 20 heavy (non-hydrogen) atoms. The van der Waals surface area contributed by atoms with Gasteiger partial charge in [-0.05, 0) is 45.5 Å². The van der Waals surface area contributed by atoms with Crippen LogP contribution in [-0.4, -0.2) is 31.1 Å². The summed E-state index contributed by atoms with van der Waals surface area (Å²) in [4.78, 5) is 17.3. The molecule has 1 aromatic carbocycles. The summed E-state index contributed by atoms with van der Waals surface area (Å²) >= 11 is 0. The lowest BCUT2D eigenvalue weighted by molar-refractivity contribution is -0.125. The first-order valence-electron chi connectivity index (χ1n) is 7.67. The molecule has 3 nitrogen and oxygen atoms in total. The molecule has 1 amide bonds. The fraction of sp³-hybridized carbons (Fsp3) is 0.588. The number of rotatable bonds is 2. The number of nitrogens with zero attached hydrogens (tertiary/aromatic N) is 2. The van der Waals surface area contributed by atoms with Crippen molar-refractivity contribution in [1.29, 1.82) is 0 Å². The van der Waals surface area contributed by atoms with Crippen molar-refractivity contribution < 1.29 is 4.79 Å². The molecule has 1 fully saturated rings. The number of hydrogen-bond donors (Lipinski definition) is 0. The Morgan fingerprint density at radius 3 is 2.45 bits per heavy atom. The van der Waals surface area contributed by atoms with E-state index in [1.165, 1.54) is 24.8 Å². The first kappa shape index (κ1) is 13.6. The molecule has 0 aromatic heterocycles. The molecule has 108 valence electrons. The molecule has 1 saturated carbocycles. The molecule has 0 N–H and O–H groups in total. The Kier molecular flexibility index (Phi) is 3.33. The third-order valence-electron chi connectivity index (χ3n) is 5.14. The number of anilines is 1. The molecule has 1 heterocycles. The lowest BCUT2D eigenvalue weighted by atomic mass is 9.70. The Bertz CT molecular complexity index is 517. The Morgan fingerprint density at radius 1 is 1.15 bits per heavy atom. The second kappa shape index (κ2) is 4.88. The fourth-order valence-corrected chi connectivity index (χ4v) is 3.78. The largest absolute Gasteiger partial charge is 0.295 e. The summed E-state index contributed by atoms with van der Waals surface area (Å²) < 4.78 is 0. The van der Waals surface area contributed by atoms with Crippen LogP contribution in [-0.2, 0) is 10.2 Å². The van der Waals surface area contributed by atoms with Crippen LogP contribution in [0, 0.1) is 0 Å². The van der Waals surface area contributed by atoms with E-state index in [9.17, 15) is 4.79 Å². The average molecular weight is 272 g/mol. The summed E-state index contributed by atoms with van der Waals surface area (Å²) in [7, 11) is 4.07. The first-order valence-corrected chi connectivity index (χ1v) is 7.67. The van der Waals surface area contributed by atoms with Gasteiger partial charge < -0.3 is 0 Å². The standard InChI is InChI=1S/C17H24N2O/c1-13(18(2)3)19-15-10-6-5-9-14(15)17(16(19)20)11-7-4-8-12-17/h5-6,9-10,13H,4,7-8,11-12H2,1-3H3. The van der Waals surface area contributed by atoms with Gasteiger partial charge in [-0.25, -0.2) is 0 Å². The van der Waals surface area contributed by atoms with Crippen LogP contribution < -0.4 is 4.90 Å². The number of carbonyl (C=O) groups is 1. The second-order valence-electron chi connectivity index (χ2n) is 6.43. The summed E-state index contributed by atoms with van der Waals surface area (Å²) in [5, 5.41) is 0. The highest BCUT2D eigenvalue weighted by Crippen LogP contribution is 2.50. The van der Waals surface area contributed by atoms with E-state index in [2.05, 4.69) is 30.0 Å². The number of amides is 1. The van der Waals surface area contributed by atoms with Crippen molar-refractivity contribution >= 4 is 11.6 Å². The van der Waals surface area contributed by atoms with Gasteiger partial charge in [0, 0.05) is 5.69 Å². The van der Waals surface area contributed by atoms with Crippen LogP contribution in [0.25, 0.3) is 0 Å². The Hall–Kier alpha value is -1.35. The summed E-state index contributed by atoms with van der Waals surface area (Å²) in [5.41, 5.74) is 2.15. The summed E-state index contributed by atoms with van der Waals surface area (Å²) in [6.07, 6.45) is 5.73. The predicted molar refractivity (Wildman–Crippen MR) is 81.8 cm³/mol. The minimum absolute atomic E-state index is 0.102. The number of fused-ring (bicyclic) bond motifs is 2. The normalized spacial score (nSPS) is 22.4. The van der Waals surface area contributed by atoms with Crippen molar-refractivity contribution in [3.63, 3.8) is 0 Å². The van der Waals surface area contributed by atoms with Crippen molar-refractivity contribution in [3.05, 3.63) is 29.8 Å². The number of para-hydroxylation sites is 1. The Morgan fingerprint density at radius 2 is 1.80 bits per heavy atom. The summed E-state index contributed by atoms with van der Waals surface area (Å²) in [5.74, 6) is 0.319. The van der Waals surface area contributed by atoms with Crippen LogP contribution in [0.4, 0.5) is 5.69 Å². The molecule has 1 aromatic rings. The third-order valence-corrected chi connectivity index (χ3v) is 5.14. The van der Waals surface area contributed by atoms with Gasteiger partial charge >= 0.3 is 0 Å². The van der Waals surface area contributed by atoms with Crippen LogP contribution in [0.2, 0.25) is 0 Å². The maximum Gasteiger partial charge on any atom is 0.239 e. The van der Waals surface area contributed by atoms with Gasteiger partial charge in [-0.2, -0.15) is 0 Å². The maximum atomic E-state index is 13.2. The van der Waals surface area contributed by atoms with Crippen molar-refractivity contribution in [2.45, 2.75) is 50.6 Å². The van der Waals surface area contributed by atoms with Crippen molar-refractivity contribution in [2.75, 3.05) is 19.0 Å². The molecule has 1 spiro atoms. The van der Waals surface area contributed by atoms with Gasteiger partial charge in [-0.15, -0.1) is 0 Å². The van der Waals surface area contributed by atoms with E-state index in [1.54, 1.807) is 0 Å². The maximum absolute atomic E-state index is 13.2. The Labute approximate surface area is 121 Å². The van der Waals surface area contributed by atoms with Crippen molar-refractivity contribution in [2.24, 2.45) is 0 Å². The molecule has 1 aliphatic heterocycles. The molecule has 3 heteroatoms. The van der Waals surface area contributed by atoms with Crippen LogP contribution in [0.15, 0.2) is 24.3 Å². The van der Waals surface area contributed by atoms with E-state index in [1.807, 2.05) is 25.1 Å². The lowest BCUT2D eigenvalue weighted by Crippen LogP contribution is -2.49. The molecule has 2 aliphatic rings. The van der Waals surface area contributed by atoms with Crippen LogP contribution >= 0.6 is 0 Å². The highest BCUT2D eigenvalue weighted by Gasteiger charge is 2.52. The van der Waals surface area contributed by atoms with Gasteiger partial charge in [0.25, 0.3) is 0 Å². The molecular weight excluding hydrogens is 248 g/mol. The SMILES string of the molecule is CC(N(C)C)N1C(=O)C2(CCCCC2)c2ccccc21. The zero-order valence-electron chi connectivity index (χ0n) is 12.7. The van der Waals surface area contributed by atoms with Crippen molar-refractivity contribution in [3.8, 4) is 0 Å². The van der Waals surface area contributed by atoms with E-state index in [4.69, 9.17) is 0 Å². The molecule has 1 unspecified atom stereocenters. The Balaban J connectivity index is 2.10. The minimum atomic E-state index is -0.237. The van der Waals surface area contributed by atoms with Gasteiger partial charge in [0.05, 0.1) is 11.6 Å². The second-order valence-corrected chi connectivity index (χ2v) is 6.43. The number of benzene rings is 1. The zero-order chi connectivity index (χ0) is 14.3. The minimum Gasteiger partial charge on any atom is -0.295 e. The lowest BCUT2D eigenvalue weighted by Gasteiger charge is -2.35. The smallest absolute Gasteiger partial charge is 0.239 e. The first-order chi connectivity index (χ1) is 9.58. The highest BCUT2D eigenvalue weighted by molar-refractivity contribution is 6.08. The molecule has 3 rings (SSSR count). The van der Waals surface area contributed by atoms with E-state index in [0.29, 0.717) is 5.91 Å². The van der Waals surface area contributed by atoms with Crippen molar-refractivity contribution in [1.82, 2.24) is 4.90 Å². The summed E-state index contributed by atoms with van der Waals surface area (Å²) in [6, 6.07) is 8.40. The average Bonchev–Trinajstić information content (AvgIpc) is 2.69. The predicted octanol–water partition coefficient (Wildman–Crippen LogP) is 3.14. The third kappa shape index (κ3) is 1.80. The molecule has 0 bridgehead atoms. The van der Waals surface area contributed by atoms with E-state index in [0.717, 1.165) is 18.5 Å². The van der Waals surface area contributed by atoms with Crippen LogP contribution in [0.1, 0.15) is 44.6 Å². The highest BCUT2D eigenvalue weighted by atomic mass is 16.2. The molecule has 0 radical (unpaired) electrons. The van der Waals surface area contributed by atoms with Gasteiger partial charge in [-0.1, -0.05) is 37.5 Å². The topological polar surface area (TPSA) is 23.6 Å². The van der Waals surface area contributed by atoms with E-state index < -0.39 is 0 Å².